The summed E-state index contributed by atoms with van der Waals surface area (Å²) < 4.78 is 28.3. The van der Waals surface area contributed by atoms with Gasteiger partial charge in [0.25, 0.3) is 0 Å². The zero-order valence-electron chi connectivity index (χ0n) is 10.6. The van der Waals surface area contributed by atoms with Crippen molar-refractivity contribution in [1.82, 2.24) is 0 Å². The Labute approximate surface area is 131 Å². The van der Waals surface area contributed by atoms with Crippen molar-refractivity contribution < 1.29 is 13.2 Å². The molecule has 0 heterocycles. The first kappa shape index (κ1) is 15.4. The van der Waals surface area contributed by atoms with Gasteiger partial charge < -0.3 is 4.74 Å². The average molecular weight is 376 g/mol. The highest BCUT2D eigenvalue weighted by Crippen LogP contribution is 2.28. The van der Waals surface area contributed by atoms with E-state index in [1.807, 2.05) is 12.1 Å². The predicted octanol–water partition coefficient (Wildman–Crippen LogP) is 4.43. The van der Waals surface area contributed by atoms with E-state index in [1.165, 1.54) is 18.4 Å². The molecule has 0 saturated heterocycles. The Kier molecular flexibility index (Phi) is 4.73. The SMILES string of the molecule is CS(=O)(=O)c1ccc(Oc2ccc(CBr)c(Cl)c2)cc1. The zero-order chi connectivity index (χ0) is 14.8. The molecule has 0 fully saturated rings. The summed E-state index contributed by atoms with van der Waals surface area (Å²) in [6.45, 7) is 0. The molecule has 6 heteroatoms. The monoisotopic (exact) mass is 374 g/mol. The second-order valence-electron chi connectivity index (χ2n) is 4.23. The fourth-order valence-electron chi connectivity index (χ4n) is 1.59. The fourth-order valence-corrected chi connectivity index (χ4v) is 3.11. The molecule has 2 aromatic rings. The third kappa shape index (κ3) is 3.75. The van der Waals surface area contributed by atoms with Crippen LogP contribution in [-0.4, -0.2) is 14.7 Å². The summed E-state index contributed by atoms with van der Waals surface area (Å²) in [6.07, 6.45) is 1.17. The summed E-state index contributed by atoms with van der Waals surface area (Å²) >= 11 is 9.44. The number of alkyl halides is 1. The Bertz CT molecular complexity index is 712. The van der Waals surface area contributed by atoms with E-state index in [2.05, 4.69) is 15.9 Å². The van der Waals surface area contributed by atoms with Crippen LogP contribution in [0.15, 0.2) is 47.4 Å². The van der Waals surface area contributed by atoms with Gasteiger partial charge in [0.2, 0.25) is 0 Å². The van der Waals surface area contributed by atoms with Gasteiger partial charge in [-0.3, -0.25) is 0 Å². The van der Waals surface area contributed by atoms with Gasteiger partial charge >= 0.3 is 0 Å². The van der Waals surface area contributed by atoms with Crippen LogP contribution in [0.4, 0.5) is 0 Å². The summed E-state index contributed by atoms with van der Waals surface area (Å²) in [7, 11) is -3.19. The molecule has 0 N–H and O–H groups in total. The minimum atomic E-state index is -3.19. The molecule has 0 unspecified atom stereocenters. The summed E-state index contributed by atoms with van der Waals surface area (Å²) in [5, 5.41) is 1.29. The molecular weight excluding hydrogens is 364 g/mol. The van der Waals surface area contributed by atoms with Gasteiger partial charge in [0.1, 0.15) is 11.5 Å². The molecular formula is C14H12BrClO3S. The molecule has 0 aliphatic rings. The lowest BCUT2D eigenvalue weighted by Crippen LogP contribution is -1.96. The number of hydrogen-bond acceptors (Lipinski definition) is 3. The molecule has 0 aliphatic carbocycles. The van der Waals surface area contributed by atoms with Crippen molar-refractivity contribution in [3.63, 3.8) is 0 Å². The molecule has 0 radical (unpaired) electrons. The first-order valence-corrected chi connectivity index (χ1v) is 9.11. The van der Waals surface area contributed by atoms with E-state index in [-0.39, 0.29) is 4.90 Å². The first-order valence-electron chi connectivity index (χ1n) is 5.72. The smallest absolute Gasteiger partial charge is 0.175 e. The van der Waals surface area contributed by atoms with E-state index in [4.69, 9.17) is 16.3 Å². The molecule has 0 atom stereocenters. The standard InChI is InChI=1S/C14H12BrClO3S/c1-20(17,18)13-6-4-11(5-7-13)19-12-3-2-10(9-15)14(16)8-12/h2-8H,9H2,1H3. The van der Waals surface area contributed by atoms with E-state index >= 15 is 0 Å². The third-order valence-electron chi connectivity index (χ3n) is 2.66. The van der Waals surface area contributed by atoms with Crippen LogP contribution in [-0.2, 0) is 15.2 Å². The highest BCUT2D eigenvalue weighted by molar-refractivity contribution is 9.08. The van der Waals surface area contributed by atoms with Gasteiger partial charge in [0.15, 0.2) is 9.84 Å². The van der Waals surface area contributed by atoms with Gasteiger partial charge in [0, 0.05) is 16.6 Å². The number of halogens is 2. The van der Waals surface area contributed by atoms with Gasteiger partial charge in [-0.05, 0) is 42.0 Å². The molecule has 0 aliphatic heterocycles. The summed E-state index contributed by atoms with van der Waals surface area (Å²) in [5.74, 6) is 1.16. The molecule has 2 aromatic carbocycles. The Balaban J connectivity index is 2.20. The first-order chi connectivity index (χ1) is 9.40. The van der Waals surface area contributed by atoms with Crippen LogP contribution < -0.4 is 4.74 Å². The van der Waals surface area contributed by atoms with Crippen LogP contribution in [0.3, 0.4) is 0 Å². The van der Waals surface area contributed by atoms with Crippen molar-refractivity contribution in [3.05, 3.63) is 53.1 Å². The fraction of sp³-hybridized carbons (Fsp3) is 0.143. The second kappa shape index (κ2) is 6.16. The maximum Gasteiger partial charge on any atom is 0.175 e. The molecule has 0 saturated carbocycles. The maximum absolute atomic E-state index is 11.4. The average Bonchev–Trinajstić information content (AvgIpc) is 2.38. The minimum absolute atomic E-state index is 0.262. The predicted molar refractivity (Wildman–Crippen MR) is 83.7 cm³/mol. The maximum atomic E-state index is 11.4. The van der Waals surface area contributed by atoms with E-state index < -0.39 is 9.84 Å². The van der Waals surface area contributed by atoms with Crippen LogP contribution in [0.5, 0.6) is 11.5 Å². The number of sulfone groups is 1. The summed E-state index contributed by atoms with van der Waals surface area (Å²) in [5.41, 5.74) is 0.978. The lowest BCUT2D eigenvalue weighted by molar-refractivity contribution is 0.482. The molecule has 0 bridgehead atoms. The molecule has 3 nitrogen and oxygen atoms in total. The number of hydrogen-bond donors (Lipinski definition) is 0. The van der Waals surface area contributed by atoms with Crippen LogP contribution in [0.1, 0.15) is 5.56 Å². The number of benzene rings is 2. The van der Waals surface area contributed by atoms with Crippen LogP contribution in [0.2, 0.25) is 5.02 Å². The van der Waals surface area contributed by atoms with Crippen molar-refractivity contribution in [2.24, 2.45) is 0 Å². The second-order valence-corrected chi connectivity index (χ2v) is 7.22. The van der Waals surface area contributed by atoms with E-state index in [0.717, 1.165) is 5.56 Å². The minimum Gasteiger partial charge on any atom is -0.457 e. The summed E-state index contributed by atoms with van der Waals surface area (Å²) in [4.78, 5) is 0.262. The Morgan fingerprint density at radius 3 is 2.20 bits per heavy atom. The lowest BCUT2D eigenvalue weighted by atomic mass is 10.2. The molecule has 106 valence electrons. The van der Waals surface area contributed by atoms with Crippen molar-refractivity contribution >= 4 is 37.4 Å². The number of rotatable bonds is 4. The van der Waals surface area contributed by atoms with Crippen molar-refractivity contribution in [1.29, 1.82) is 0 Å². The van der Waals surface area contributed by atoms with Gasteiger partial charge in [-0.15, -0.1) is 0 Å². The van der Waals surface area contributed by atoms with E-state index in [0.29, 0.717) is 21.9 Å². The number of ether oxygens (including phenoxy) is 1. The molecule has 0 spiro atoms. The van der Waals surface area contributed by atoms with Crippen LogP contribution in [0, 0.1) is 0 Å². The van der Waals surface area contributed by atoms with E-state index in [9.17, 15) is 8.42 Å². The molecule has 0 aromatic heterocycles. The third-order valence-corrected chi connectivity index (χ3v) is 4.74. The highest BCUT2D eigenvalue weighted by Gasteiger charge is 2.07. The van der Waals surface area contributed by atoms with Gasteiger partial charge in [-0.1, -0.05) is 33.6 Å². The molecule has 2 rings (SSSR count). The van der Waals surface area contributed by atoms with Crippen molar-refractivity contribution in [2.75, 3.05) is 6.26 Å². The van der Waals surface area contributed by atoms with Crippen molar-refractivity contribution in [3.8, 4) is 11.5 Å². The van der Waals surface area contributed by atoms with Gasteiger partial charge in [-0.25, -0.2) is 8.42 Å². The topological polar surface area (TPSA) is 43.4 Å². The van der Waals surface area contributed by atoms with Crippen molar-refractivity contribution in [2.45, 2.75) is 10.2 Å². The Morgan fingerprint density at radius 1 is 1.10 bits per heavy atom. The molecule has 0 amide bonds. The Hall–Kier alpha value is -1.04. The lowest BCUT2D eigenvalue weighted by Gasteiger charge is -2.08. The highest BCUT2D eigenvalue weighted by atomic mass is 79.9. The van der Waals surface area contributed by atoms with Gasteiger partial charge in [-0.2, -0.15) is 0 Å². The van der Waals surface area contributed by atoms with Crippen LogP contribution >= 0.6 is 27.5 Å². The molecule has 20 heavy (non-hydrogen) atoms. The van der Waals surface area contributed by atoms with Gasteiger partial charge in [0.05, 0.1) is 4.90 Å². The quantitative estimate of drug-likeness (QED) is 0.742. The van der Waals surface area contributed by atoms with E-state index in [1.54, 1.807) is 18.2 Å². The normalized spacial score (nSPS) is 11.3. The Morgan fingerprint density at radius 2 is 1.70 bits per heavy atom. The van der Waals surface area contributed by atoms with Crippen LogP contribution in [0.25, 0.3) is 0 Å². The largest absolute Gasteiger partial charge is 0.457 e. The summed E-state index contributed by atoms with van der Waals surface area (Å²) in [6, 6.07) is 11.7. The zero-order valence-corrected chi connectivity index (χ0v) is 13.8.